The first-order chi connectivity index (χ1) is 14.4. The molecule has 0 aliphatic heterocycles. The van der Waals surface area contributed by atoms with Crippen LogP contribution in [-0.2, 0) is 0 Å². The van der Waals surface area contributed by atoms with Gasteiger partial charge < -0.3 is 20.4 Å². The third-order valence-corrected chi connectivity index (χ3v) is 4.91. The monoisotopic (exact) mass is 400 g/mol. The lowest BCUT2D eigenvalue weighted by Crippen LogP contribution is -2.07. The molecule has 0 saturated heterocycles. The molecule has 0 aliphatic carbocycles. The van der Waals surface area contributed by atoms with Gasteiger partial charge >= 0.3 is 0 Å². The van der Waals surface area contributed by atoms with Crippen molar-refractivity contribution < 1.29 is 30.0 Å². The van der Waals surface area contributed by atoms with Crippen LogP contribution < -0.4 is 0 Å². The maximum Gasteiger partial charge on any atom is 0.201 e. The third-order valence-electron chi connectivity index (χ3n) is 4.91. The number of aromatic hydroxyl groups is 4. The smallest absolute Gasteiger partial charge is 0.201 e. The van der Waals surface area contributed by atoms with E-state index in [1.54, 1.807) is 24.3 Å². The predicted octanol–water partition coefficient (Wildman–Crippen LogP) is 4.12. The highest BCUT2D eigenvalue weighted by molar-refractivity contribution is 6.24. The lowest BCUT2D eigenvalue weighted by molar-refractivity contribution is 0.102. The van der Waals surface area contributed by atoms with Crippen molar-refractivity contribution in [3.8, 4) is 23.0 Å². The van der Waals surface area contributed by atoms with E-state index in [2.05, 4.69) is 0 Å². The molecule has 0 atom stereocenters. The Morgan fingerprint density at radius 3 is 1.13 bits per heavy atom. The minimum absolute atomic E-state index is 0.181. The number of rotatable bonds is 4. The fourth-order valence-corrected chi connectivity index (χ4v) is 3.49. The van der Waals surface area contributed by atoms with Gasteiger partial charge in [0.2, 0.25) is 11.6 Å². The molecule has 0 radical (unpaired) electrons. The van der Waals surface area contributed by atoms with Crippen molar-refractivity contribution in [2.45, 2.75) is 0 Å². The van der Waals surface area contributed by atoms with E-state index < -0.39 is 11.6 Å². The number of phenolic OH excluding ortho intramolecular Hbond substituents is 4. The number of fused-ring (bicyclic) bond motifs is 1. The summed E-state index contributed by atoms with van der Waals surface area (Å²) in [4.78, 5) is 26.2. The van der Waals surface area contributed by atoms with Gasteiger partial charge in [-0.2, -0.15) is 0 Å². The summed E-state index contributed by atoms with van der Waals surface area (Å²) in [6.45, 7) is 0. The summed E-state index contributed by atoms with van der Waals surface area (Å²) in [5.74, 6) is -2.64. The molecule has 4 N–H and O–H groups in total. The van der Waals surface area contributed by atoms with E-state index in [0.29, 0.717) is 10.8 Å². The molecule has 0 aromatic heterocycles. The number of carbonyl (C=O) groups excluding carboxylic acids is 2. The first kappa shape index (κ1) is 19.0. The molecule has 0 bridgehead atoms. The minimum Gasteiger partial charge on any atom is -0.507 e. The lowest BCUT2D eigenvalue weighted by Gasteiger charge is -2.13. The fraction of sp³-hybridized carbons (Fsp3) is 0. The van der Waals surface area contributed by atoms with E-state index in [4.69, 9.17) is 0 Å². The zero-order valence-electron chi connectivity index (χ0n) is 15.5. The maximum absolute atomic E-state index is 13.1. The average Bonchev–Trinajstić information content (AvgIpc) is 2.72. The zero-order chi connectivity index (χ0) is 21.4. The van der Waals surface area contributed by atoms with Gasteiger partial charge in [-0.05, 0) is 47.2 Å². The lowest BCUT2D eigenvalue weighted by atomic mass is 9.90. The Labute approximate surface area is 170 Å². The summed E-state index contributed by atoms with van der Waals surface area (Å²) >= 11 is 0. The van der Waals surface area contributed by atoms with Gasteiger partial charge in [-0.3, -0.25) is 9.59 Å². The molecule has 6 heteroatoms. The Morgan fingerprint density at radius 2 is 0.800 bits per heavy atom. The quantitative estimate of drug-likeness (QED) is 0.383. The molecule has 0 saturated carbocycles. The van der Waals surface area contributed by atoms with Gasteiger partial charge in [0.1, 0.15) is 34.1 Å². The normalized spacial score (nSPS) is 10.8. The minimum atomic E-state index is -0.605. The number of benzene rings is 4. The highest BCUT2D eigenvalue weighted by atomic mass is 16.3. The second kappa shape index (κ2) is 7.25. The van der Waals surface area contributed by atoms with Crippen molar-refractivity contribution in [2.24, 2.45) is 0 Å². The van der Waals surface area contributed by atoms with E-state index in [1.165, 1.54) is 48.5 Å². The van der Waals surface area contributed by atoms with Crippen LogP contribution in [0.4, 0.5) is 0 Å². The van der Waals surface area contributed by atoms with E-state index in [-0.39, 0.29) is 45.3 Å². The molecular formula is C24H16O6. The highest BCUT2D eigenvalue weighted by Gasteiger charge is 2.24. The third kappa shape index (κ3) is 3.00. The molecule has 6 nitrogen and oxygen atoms in total. The van der Waals surface area contributed by atoms with E-state index >= 15 is 0 Å². The molecule has 4 aromatic rings. The summed E-state index contributed by atoms with van der Waals surface area (Å²) in [6, 6.07) is 17.5. The SMILES string of the molecule is O=C(c1c(O)cccc1O)c1ccc(C(=O)c2c(O)cccc2O)c2ccccc12. The summed E-state index contributed by atoms with van der Waals surface area (Å²) < 4.78 is 0. The second-order valence-corrected chi connectivity index (χ2v) is 6.71. The first-order valence-corrected chi connectivity index (χ1v) is 9.03. The van der Waals surface area contributed by atoms with Crippen molar-refractivity contribution in [3.63, 3.8) is 0 Å². The van der Waals surface area contributed by atoms with Gasteiger partial charge in [-0.1, -0.05) is 36.4 Å². The first-order valence-electron chi connectivity index (χ1n) is 9.03. The summed E-state index contributed by atoms with van der Waals surface area (Å²) in [5, 5.41) is 41.1. The maximum atomic E-state index is 13.1. The van der Waals surface area contributed by atoms with Crippen LogP contribution in [-0.4, -0.2) is 32.0 Å². The molecule has 0 spiro atoms. The van der Waals surface area contributed by atoms with Crippen molar-refractivity contribution in [2.75, 3.05) is 0 Å². The molecule has 4 aromatic carbocycles. The highest BCUT2D eigenvalue weighted by Crippen LogP contribution is 2.35. The van der Waals surface area contributed by atoms with Gasteiger partial charge in [-0.25, -0.2) is 0 Å². The van der Waals surface area contributed by atoms with Crippen LogP contribution in [0, 0.1) is 0 Å². The van der Waals surface area contributed by atoms with Crippen molar-refractivity contribution in [1.82, 2.24) is 0 Å². The summed E-state index contributed by atoms with van der Waals surface area (Å²) in [7, 11) is 0. The van der Waals surface area contributed by atoms with Gasteiger partial charge in [0.05, 0.1) is 0 Å². The average molecular weight is 400 g/mol. The Kier molecular flexibility index (Phi) is 4.60. The zero-order valence-corrected chi connectivity index (χ0v) is 15.5. The van der Waals surface area contributed by atoms with Crippen LogP contribution >= 0.6 is 0 Å². The molecular weight excluding hydrogens is 384 g/mol. The Morgan fingerprint density at radius 1 is 0.467 bits per heavy atom. The van der Waals surface area contributed by atoms with Crippen LogP contribution in [0.1, 0.15) is 31.8 Å². The molecule has 148 valence electrons. The standard InChI is InChI=1S/C24H16O6/c25-17-7-3-8-18(26)21(17)23(29)15-11-12-16(14-6-2-1-5-13(14)15)24(30)22-19(27)9-4-10-20(22)28/h1-12,25-28H. The Bertz CT molecular complexity index is 1180. The van der Waals surface area contributed by atoms with Crippen molar-refractivity contribution in [1.29, 1.82) is 0 Å². The van der Waals surface area contributed by atoms with E-state index in [9.17, 15) is 30.0 Å². The number of hydrogen-bond acceptors (Lipinski definition) is 6. The molecule has 4 rings (SSSR count). The number of hydrogen-bond donors (Lipinski definition) is 4. The van der Waals surface area contributed by atoms with E-state index in [1.807, 2.05) is 0 Å². The number of carbonyl (C=O) groups is 2. The molecule has 0 unspecified atom stereocenters. The van der Waals surface area contributed by atoms with Crippen molar-refractivity contribution >= 4 is 22.3 Å². The molecule has 0 amide bonds. The molecule has 0 heterocycles. The Hall–Kier alpha value is -4.32. The van der Waals surface area contributed by atoms with Crippen LogP contribution in [0.3, 0.4) is 0 Å². The van der Waals surface area contributed by atoms with Crippen LogP contribution in [0.15, 0.2) is 72.8 Å². The van der Waals surface area contributed by atoms with Crippen LogP contribution in [0.25, 0.3) is 10.8 Å². The van der Waals surface area contributed by atoms with Crippen LogP contribution in [0.2, 0.25) is 0 Å². The van der Waals surface area contributed by atoms with Crippen LogP contribution in [0.5, 0.6) is 23.0 Å². The van der Waals surface area contributed by atoms with Crippen molar-refractivity contribution in [3.05, 3.63) is 95.1 Å². The number of ketones is 2. The Balaban J connectivity index is 1.92. The van der Waals surface area contributed by atoms with Gasteiger partial charge in [0, 0.05) is 11.1 Å². The van der Waals surface area contributed by atoms with Gasteiger partial charge in [-0.15, -0.1) is 0 Å². The molecule has 0 fully saturated rings. The largest absolute Gasteiger partial charge is 0.507 e. The predicted molar refractivity (Wildman–Crippen MR) is 110 cm³/mol. The molecule has 30 heavy (non-hydrogen) atoms. The summed E-state index contributed by atoms with van der Waals surface area (Å²) in [6.07, 6.45) is 0. The molecule has 0 aliphatic rings. The number of phenols is 4. The van der Waals surface area contributed by atoms with Gasteiger partial charge in [0.15, 0.2) is 0 Å². The fourth-order valence-electron chi connectivity index (χ4n) is 3.49. The van der Waals surface area contributed by atoms with Gasteiger partial charge in [0.25, 0.3) is 0 Å². The van der Waals surface area contributed by atoms with E-state index in [0.717, 1.165) is 0 Å². The second-order valence-electron chi connectivity index (χ2n) is 6.71. The topological polar surface area (TPSA) is 115 Å². The summed E-state index contributed by atoms with van der Waals surface area (Å²) in [5.41, 5.74) is -0.110.